The molecule has 2 fully saturated rings. The number of unbranched alkanes of at least 4 members (excludes halogenated alkanes) is 27. The number of allylic oxidation sites excluding steroid dienone is 23. The second kappa shape index (κ2) is 65.2. The maximum atomic E-state index is 13.4. The van der Waals surface area contributed by atoms with Gasteiger partial charge >= 0.3 is 0 Å². The van der Waals surface area contributed by atoms with E-state index in [1.165, 1.54) is 135 Å². The van der Waals surface area contributed by atoms with Crippen molar-refractivity contribution in [3.05, 3.63) is 146 Å². The standard InChI is InChI=1S/C83H139NO13/c1-3-5-7-9-11-13-15-17-19-21-23-25-27-28-29-30-31-32-33-34-35-36-37-38-39-40-41-42-43-44-45-47-49-51-53-55-57-59-61-63-65-67-75(88)84-71(70-94-82-80(93)78(91)81(74(69-86)96-82)97-83-79(92)77(90)76(89)73(68-85)95-83)72(87)66-64-62-60-58-56-54-52-50-48-46-26-24-22-20-18-16-14-12-10-8-6-4-2/h5,7,11,13,17,19,23,25,28-29,31-32,34-35,37-38,40-41,48,50,56,58,64,66,71-74,76-83,85-87,89-93H,3-4,6,8-10,12,14-16,18,20-22,24,26-27,30,33,36,39,42-47,49,51-55,57,59-63,65,67-70H2,1-2H3,(H,84,88)/b7-5-,13-11-,19-17-,25-23-,29-28-,32-31-,35-34-,38-37-,41-40-,50-48+,58-56+,66-64+. The van der Waals surface area contributed by atoms with Crippen LogP contribution >= 0.6 is 0 Å². The van der Waals surface area contributed by atoms with Crippen molar-refractivity contribution in [3.63, 3.8) is 0 Å². The number of rotatable bonds is 62. The first-order chi connectivity index (χ1) is 47.6. The summed E-state index contributed by atoms with van der Waals surface area (Å²) in [4.78, 5) is 13.4. The van der Waals surface area contributed by atoms with Crippen molar-refractivity contribution in [2.45, 2.75) is 351 Å². The van der Waals surface area contributed by atoms with Crippen LogP contribution in [0.3, 0.4) is 0 Å². The molecule has 14 heteroatoms. The summed E-state index contributed by atoms with van der Waals surface area (Å²) in [7, 11) is 0. The topological polar surface area (TPSA) is 228 Å². The Labute approximate surface area is 589 Å². The average molecular weight is 1360 g/mol. The lowest BCUT2D eigenvalue weighted by molar-refractivity contribution is -0.359. The van der Waals surface area contributed by atoms with Crippen LogP contribution in [0.4, 0.5) is 0 Å². The first-order valence-corrected chi connectivity index (χ1v) is 38.6. The Kier molecular flexibility index (Phi) is 59.8. The van der Waals surface area contributed by atoms with Crippen molar-refractivity contribution < 1.29 is 64.6 Å². The molecule has 12 unspecified atom stereocenters. The van der Waals surface area contributed by atoms with Crippen LogP contribution in [0.2, 0.25) is 0 Å². The SMILES string of the molecule is CC/C=C\C/C=C\C/C=C\C/C=C\C/C=C\C/C=C\C/C=C\C/C=C\C/C=C\CCCCCCCCCCCCCCCC(=O)NC(COC1OC(CO)C(OC2OC(CO)C(O)C(O)C2O)C(O)C1O)C(O)/C=C/CC/C=C/CC/C=C/CCCCCCCCCCCCCC. The lowest BCUT2D eigenvalue weighted by atomic mass is 9.97. The maximum Gasteiger partial charge on any atom is 0.220 e. The first-order valence-electron chi connectivity index (χ1n) is 38.6. The van der Waals surface area contributed by atoms with E-state index in [1.54, 1.807) is 6.08 Å². The Morgan fingerprint density at radius 1 is 0.381 bits per heavy atom. The fourth-order valence-corrected chi connectivity index (χ4v) is 11.7. The largest absolute Gasteiger partial charge is 0.394 e. The molecule has 0 aromatic carbocycles. The highest BCUT2D eigenvalue weighted by molar-refractivity contribution is 5.76. The number of carbonyl (C=O) groups is 1. The summed E-state index contributed by atoms with van der Waals surface area (Å²) in [6, 6.07) is -0.949. The van der Waals surface area contributed by atoms with Gasteiger partial charge in [-0.15, -0.1) is 0 Å². The molecule has 0 aromatic rings. The molecule has 0 bridgehead atoms. The summed E-state index contributed by atoms with van der Waals surface area (Å²) in [5.74, 6) is -0.258. The van der Waals surface area contributed by atoms with E-state index in [1.807, 2.05) is 6.08 Å². The van der Waals surface area contributed by atoms with E-state index >= 15 is 0 Å². The van der Waals surface area contributed by atoms with E-state index in [9.17, 15) is 45.6 Å². The Hall–Kier alpha value is -4.13. The van der Waals surface area contributed by atoms with Crippen LogP contribution in [0.25, 0.3) is 0 Å². The van der Waals surface area contributed by atoms with Gasteiger partial charge in [0.25, 0.3) is 0 Å². The molecule has 0 aromatic heterocycles. The van der Waals surface area contributed by atoms with Crippen LogP contribution in [-0.2, 0) is 23.7 Å². The van der Waals surface area contributed by atoms with E-state index in [2.05, 4.69) is 153 Å². The van der Waals surface area contributed by atoms with Gasteiger partial charge in [0.05, 0.1) is 32.0 Å². The van der Waals surface area contributed by atoms with Crippen molar-refractivity contribution in [3.8, 4) is 0 Å². The van der Waals surface area contributed by atoms with Crippen LogP contribution < -0.4 is 5.32 Å². The van der Waals surface area contributed by atoms with Gasteiger partial charge in [0.1, 0.15) is 48.8 Å². The zero-order chi connectivity index (χ0) is 70.1. The number of ether oxygens (including phenoxy) is 4. The Bertz CT molecular complexity index is 2190. The summed E-state index contributed by atoms with van der Waals surface area (Å²) in [5.41, 5.74) is 0. The number of hydrogen-bond donors (Lipinski definition) is 9. The molecule has 0 aliphatic carbocycles. The summed E-state index contributed by atoms with van der Waals surface area (Å²) in [5, 5.41) is 87.5. The smallest absolute Gasteiger partial charge is 0.220 e. The van der Waals surface area contributed by atoms with Crippen molar-refractivity contribution >= 4 is 5.91 Å². The molecule has 554 valence electrons. The zero-order valence-corrected chi connectivity index (χ0v) is 60.5. The Balaban J connectivity index is 1.63. The molecule has 2 rings (SSSR count). The highest BCUT2D eigenvalue weighted by Gasteiger charge is 2.51. The fraction of sp³-hybridized carbons (Fsp3) is 0.699. The lowest BCUT2D eigenvalue weighted by Crippen LogP contribution is -2.65. The van der Waals surface area contributed by atoms with Gasteiger partial charge in [-0.3, -0.25) is 4.79 Å². The van der Waals surface area contributed by atoms with E-state index in [0.29, 0.717) is 12.8 Å². The predicted octanol–water partition coefficient (Wildman–Crippen LogP) is 17.2. The van der Waals surface area contributed by atoms with Crippen molar-refractivity contribution in [2.24, 2.45) is 0 Å². The first kappa shape index (κ1) is 89.0. The number of amides is 1. The van der Waals surface area contributed by atoms with E-state index < -0.39 is 86.8 Å². The second-order valence-electron chi connectivity index (χ2n) is 26.4. The average Bonchev–Trinajstić information content (AvgIpc) is 0.794. The van der Waals surface area contributed by atoms with E-state index in [-0.39, 0.29) is 18.9 Å². The third-order valence-corrected chi connectivity index (χ3v) is 17.7. The molecular weight excluding hydrogens is 1220 g/mol. The summed E-state index contributed by atoms with van der Waals surface area (Å²) < 4.78 is 22.9. The molecule has 12 atom stereocenters. The highest BCUT2D eigenvalue weighted by atomic mass is 16.7. The maximum absolute atomic E-state index is 13.4. The van der Waals surface area contributed by atoms with Gasteiger partial charge in [0.15, 0.2) is 12.6 Å². The monoisotopic (exact) mass is 1360 g/mol. The molecule has 2 heterocycles. The molecule has 2 saturated heterocycles. The van der Waals surface area contributed by atoms with Crippen LogP contribution in [0.15, 0.2) is 146 Å². The van der Waals surface area contributed by atoms with E-state index in [0.717, 1.165) is 109 Å². The molecule has 9 N–H and O–H groups in total. The molecule has 2 aliphatic rings. The molecule has 0 saturated carbocycles. The van der Waals surface area contributed by atoms with Crippen molar-refractivity contribution in [1.82, 2.24) is 5.32 Å². The molecule has 2 aliphatic heterocycles. The minimum atomic E-state index is -1.80. The summed E-state index contributed by atoms with van der Waals surface area (Å²) >= 11 is 0. The number of carbonyl (C=O) groups excluding carboxylic acids is 1. The van der Waals surface area contributed by atoms with Gasteiger partial charge in [-0.2, -0.15) is 0 Å². The minimum absolute atomic E-state index is 0.258. The Morgan fingerprint density at radius 3 is 1.13 bits per heavy atom. The van der Waals surface area contributed by atoms with Crippen LogP contribution in [0.1, 0.15) is 277 Å². The molecule has 97 heavy (non-hydrogen) atoms. The van der Waals surface area contributed by atoms with Gasteiger partial charge < -0.3 is 65.1 Å². The van der Waals surface area contributed by atoms with Crippen molar-refractivity contribution in [2.75, 3.05) is 19.8 Å². The summed E-state index contributed by atoms with van der Waals surface area (Å²) in [6.45, 7) is 2.67. The number of nitrogens with one attached hydrogen (secondary N) is 1. The zero-order valence-electron chi connectivity index (χ0n) is 60.5. The van der Waals surface area contributed by atoms with Crippen LogP contribution in [0, 0.1) is 0 Å². The minimum Gasteiger partial charge on any atom is -0.394 e. The van der Waals surface area contributed by atoms with E-state index in [4.69, 9.17) is 18.9 Å². The normalized spacial score (nSPS) is 23.0. The van der Waals surface area contributed by atoms with Crippen molar-refractivity contribution in [1.29, 1.82) is 0 Å². The third kappa shape index (κ3) is 48.4. The number of hydrogen-bond acceptors (Lipinski definition) is 13. The molecule has 1 amide bonds. The van der Waals surface area contributed by atoms with Gasteiger partial charge in [-0.1, -0.05) is 301 Å². The third-order valence-electron chi connectivity index (χ3n) is 17.7. The number of aliphatic hydroxyl groups is 8. The fourth-order valence-electron chi connectivity index (χ4n) is 11.7. The quantitative estimate of drug-likeness (QED) is 0.0204. The second-order valence-corrected chi connectivity index (χ2v) is 26.4. The summed E-state index contributed by atoms with van der Waals surface area (Å²) in [6.07, 6.45) is 82.0. The van der Waals surface area contributed by atoms with Gasteiger partial charge in [0, 0.05) is 6.42 Å². The molecule has 0 radical (unpaired) electrons. The van der Waals surface area contributed by atoms with Gasteiger partial charge in [0.2, 0.25) is 5.91 Å². The molecular formula is C83H139NO13. The van der Waals surface area contributed by atoms with Crippen LogP contribution in [-0.4, -0.2) is 140 Å². The Morgan fingerprint density at radius 2 is 0.722 bits per heavy atom. The van der Waals surface area contributed by atoms with Crippen LogP contribution in [0.5, 0.6) is 0 Å². The molecule has 14 nitrogen and oxygen atoms in total. The molecule has 0 spiro atoms. The lowest BCUT2D eigenvalue weighted by Gasteiger charge is -2.46. The van der Waals surface area contributed by atoms with Gasteiger partial charge in [-0.25, -0.2) is 0 Å². The van der Waals surface area contributed by atoms with Gasteiger partial charge in [-0.05, 0) is 116 Å². The predicted molar refractivity (Wildman–Crippen MR) is 401 cm³/mol. The number of aliphatic hydroxyl groups excluding tert-OH is 8. The highest BCUT2D eigenvalue weighted by Crippen LogP contribution is 2.30.